The van der Waals surface area contributed by atoms with Crippen LogP contribution in [0.2, 0.25) is 0 Å². The van der Waals surface area contributed by atoms with Crippen molar-refractivity contribution in [2.45, 2.75) is 25.7 Å². The highest BCUT2D eigenvalue weighted by molar-refractivity contribution is 7.80. The lowest BCUT2D eigenvalue weighted by atomic mass is 10.3. The molecular weight excluding hydrogens is 168 g/mol. The monoisotopic (exact) mass is 182 g/mol. The van der Waals surface area contributed by atoms with Gasteiger partial charge in [0.05, 0.1) is 16.3 Å². The number of nitrogens with zero attached hydrogens (tertiary/aromatic N) is 2. The summed E-state index contributed by atoms with van der Waals surface area (Å²) in [5, 5.41) is 0. The molecule has 0 radical (unpaired) electrons. The normalized spacial score (nSPS) is 8.33. The predicted octanol–water partition coefficient (Wildman–Crippen LogP) is 2.74. The standard InChI is InChI=1S/C7H8N2S.C2H6/c1-3-6-7(10)5(2)8-4-9-6;1-2/h3-4,10H,1H2,2H3;1-2H3. The van der Waals surface area contributed by atoms with Gasteiger partial charge in [0.1, 0.15) is 6.33 Å². The Hall–Kier alpha value is -0.830. The lowest BCUT2D eigenvalue weighted by molar-refractivity contribution is 1.02. The van der Waals surface area contributed by atoms with E-state index in [1.807, 2.05) is 20.8 Å². The Bertz CT molecular complexity index is 259. The summed E-state index contributed by atoms with van der Waals surface area (Å²) >= 11 is 4.20. The molecule has 0 aromatic carbocycles. The second kappa shape index (κ2) is 5.77. The number of aryl methyl sites for hydroxylation is 1. The largest absolute Gasteiger partial charge is 0.240 e. The van der Waals surface area contributed by atoms with Crippen molar-refractivity contribution in [3.63, 3.8) is 0 Å². The molecule has 0 aliphatic rings. The predicted molar refractivity (Wildman–Crippen MR) is 55.5 cm³/mol. The van der Waals surface area contributed by atoms with Crippen molar-refractivity contribution in [3.05, 3.63) is 24.3 Å². The zero-order chi connectivity index (χ0) is 9.56. The summed E-state index contributed by atoms with van der Waals surface area (Å²) in [5.74, 6) is 0. The van der Waals surface area contributed by atoms with E-state index in [0.29, 0.717) is 0 Å². The quantitative estimate of drug-likeness (QED) is 0.676. The number of hydrogen-bond donors (Lipinski definition) is 1. The maximum atomic E-state index is 4.20. The highest BCUT2D eigenvalue weighted by Gasteiger charge is 1.98. The van der Waals surface area contributed by atoms with Gasteiger partial charge in [0.25, 0.3) is 0 Å². The van der Waals surface area contributed by atoms with E-state index in [9.17, 15) is 0 Å². The fourth-order valence-corrected chi connectivity index (χ4v) is 0.841. The van der Waals surface area contributed by atoms with Gasteiger partial charge in [-0.15, -0.1) is 12.6 Å². The molecule has 3 heteroatoms. The van der Waals surface area contributed by atoms with E-state index >= 15 is 0 Å². The Balaban J connectivity index is 0.000000561. The molecule has 0 spiro atoms. The first-order valence-electron chi connectivity index (χ1n) is 3.88. The van der Waals surface area contributed by atoms with Crippen LogP contribution in [0, 0.1) is 6.92 Å². The van der Waals surface area contributed by atoms with Gasteiger partial charge in [-0.3, -0.25) is 0 Å². The first-order chi connectivity index (χ1) is 5.75. The van der Waals surface area contributed by atoms with Crippen LogP contribution in [0.15, 0.2) is 17.8 Å². The number of thiol groups is 1. The minimum Gasteiger partial charge on any atom is -0.240 e. The van der Waals surface area contributed by atoms with Crippen LogP contribution in [0.1, 0.15) is 25.2 Å². The number of aromatic nitrogens is 2. The number of rotatable bonds is 1. The summed E-state index contributed by atoms with van der Waals surface area (Å²) in [4.78, 5) is 8.71. The smallest absolute Gasteiger partial charge is 0.116 e. The fourth-order valence-electron chi connectivity index (χ4n) is 0.635. The van der Waals surface area contributed by atoms with Gasteiger partial charge in [-0.05, 0) is 13.0 Å². The summed E-state index contributed by atoms with van der Waals surface area (Å²) in [6, 6.07) is 0. The van der Waals surface area contributed by atoms with E-state index in [1.165, 1.54) is 6.33 Å². The van der Waals surface area contributed by atoms with Crippen molar-refractivity contribution in [2.75, 3.05) is 0 Å². The first-order valence-corrected chi connectivity index (χ1v) is 4.33. The summed E-state index contributed by atoms with van der Waals surface area (Å²) in [5.41, 5.74) is 1.67. The Morgan fingerprint density at radius 1 is 1.42 bits per heavy atom. The third kappa shape index (κ3) is 2.66. The van der Waals surface area contributed by atoms with Gasteiger partial charge in [-0.1, -0.05) is 20.4 Å². The summed E-state index contributed by atoms with van der Waals surface area (Å²) in [7, 11) is 0. The Kier molecular flexibility index (Phi) is 5.37. The van der Waals surface area contributed by atoms with Crippen LogP contribution in [0.5, 0.6) is 0 Å². The van der Waals surface area contributed by atoms with Crippen LogP contribution in [0.4, 0.5) is 0 Å². The minimum absolute atomic E-state index is 0.788. The summed E-state index contributed by atoms with van der Waals surface area (Å²) in [6.07, 6.45) is 3.17. The van der Waals surface area contributed by atoms with Crippen molar-refractivity contribution in [1.29, 1.82) is 0 Å². The summed E-state index contributed by atoms with van der Waals surface area (Å²) in [6.45, 7) is 9.48. The molecule has 0 amide bonds. The molecule has 0 fully saturated rings. The van der Waals surface area contributed by atoms with Gasteiger partial charge in [-0.2, -0.15) is 0 Å². The van der Waals surface area contributed by atoms with Gasteiger partial charge < -0.3 is 0 Å². The lowest BCUT2D eigenvalue weighted by Gasteiger charge is -1.98. The molecule has 1 rings (SSSR count). The molecular formula is C9H14N2S. The molecule has 0 aliphatic heterocycles. The molecule has 1 aromatic heterocycles. The average Bonchev–Trinajstić information content (AvgIpc) is 2.13. The van der Waals surface area contributed by atoms with Crippen LogP contribution in [0.3, 0.4) is 0 Å². The Labute approximate surface area is 79.2 Å². The molecule has 0 unspecified atom stereocenters. The second-order valence-electron chi connectivity index (χ2n) is 1.90. The first kappa shape index (κ1) is 11.2. The van der Waals surface area contributed by atoms with Crippen molar-refractivity contribution < 1.29 is 0 Å². The van der Waals surface area contributed by atoms with Crippen molar-refractivity contribution >= 4 is 18.7 Å². The molecule has 0 saturated carbocycles. The van der Waals surface area contributed by atoms with Gasteiger partial charge in [0.15, 0.2) is 0 Å². The molecule has 0 atom stereocenters. The maximum Gasteiger partial charge on any atom is 0.116 e. The average molecular weight is 182 g/mol. The summed E-state index contributed by atoms with van der Waals surface area (Å²) < 4.78 is 0. The van der Waals surface area contributed by atoms with E-state index in [4.69, 9.17) is 0 Å². The van der Waals surface area contributed by atoms with E-state index in [1.54, 1.807) is 6.08 Å². The molecule has 0 bridgehead atoms. The lowest BCUT2D eigenvalue weighted by Crippen LogP contribution is -1.89. The minimum atomic E-state index is 0.788. The van der Waals surface area contributed by atoms with Crippen molar-refractivity contribution in [1.82, 2.24) is 9.97 Å². The third-order valence-corrected chi connectivity index (χ3v) is 1.78. The molecule has 66 valence electrons. The van der Waals surface area contributed by atoms with E-state index in [0.717, 1.165) is 16.3 Å². The molecule has 0 N–H and O–H groups in total. The van der Waals surface area contributed by atoms with Gasteiger partial charge in [0, 0.05) is 0 Å². The second-order valence-corrected chi connectivity index (χ2v) is 2.34. The number of hydrogen-bond acceptors (Lipinski definition) is 3. The van der Waals surface area contributed by atoms with Gasteiger partial charge in [0.2, 0.25) is 0 Å². The van der Waals surface area contributed by atoms with Crippen LogP contribution >= 0.6 is 12.6 Å². The SMILES string of the molecule is C=Cc1ncnc(C)c1S.CC. The Morgan fingerprint density at radius 3 is 2.42 bits per heavy atom. The molecule has 1 aromatic rings. The van der Waals surface area contributed by atoms with Crippen LogP contribution in [-0.4, -0.2) is 9.97 Å². The highest BCUT2D eigenvalue weighted by atomic mass is 32.1. The van der Waals surface area contributed by atoms with Crippen molar-refractivity contribution in [2.24, 2.45) is 0 Å². The Morgan fingerprint density at radius 2 is 2.00 bits per heavy atom. The van der Waals surface area contributed by atoms with Crippen LogP contribution < -0.4 is 0 Å². The highest BCUT2D eigenvalue weighted by Crippen LogP contribution is 2.13. The fraction of sp³-hybridized carbons (Fsp3) is 0.333. The molecule has 0 aliphatic carbocycles. The topological polar surface area (TPSA) is 25.8 Å². The van der Waals surface area contributed by atoms with Crippen LogP contribution in [0.25, 0.3) is 6.08 Å². The zero-order valence-corrected chi connectivity index (χ0v) is 8.60. The molecule has 0 saturated heterocycles. The van der Waals surface area contributed by atoms with Gasteiger partial charge in [-0.25, -0.2) is 9.97 Å². The van der Waals surface area contributed by atoms with Crippen molar-refractivity contribution in [3.8, 4) is 0 Å². The van der Waals surface area contributed by atoms with E-state index in [-0.39, 0.29) is 0 Å². The molecule has 2 nitrogen and oxygen atoms in total. The van der Waals surface area contributed by atoms with Crippen LogP contribution in [-0.2, 0) is 0 Å². The molecule has 1 heterocycles. The van der Waals surface area contributed by atoms with Gasteiger partial charge >= 0.3 is 0 Å². The zero-order valence-electron chi connectivity index (χ0n) is 7.70. The van der Waals surface area contributed by atoms with E-state index in [2.05, 4.69) is 29.2 Å². The third-order valence-electron chi connectivity index (χ3n) is 1.23. The van der Waals surface area contributed by atoms with E-state index < -0.39 is 0 Å². The maximum absolute atomic E-state index is 4.20. The molecule has 12 heavy (non-hydrogen) atoms.